The zero-order valence-electron chi connectivity index (χ0n) is 25.6. The first-order chi connectivity index (χ1) is 22.0. The van der Waals surface area contributed by atoms with Gasteiger partial charge in [-0.2, -0.15) is 5.10 Å². The predicted molar refractivity (Wildman–Crippen MR) is 169 cm³/mol. The second-order valence-electron chi connectivity index (χ2n) is 12.8. The van der Waals surface area contributed by atoms with Crippen molar-refractivity contribution < 1.29 is 19.2 Å². The van der Waals surface area contributed by atoms with Crippen LogP contribution in [0.4, 0.5) is 5.69 Å². The number of imide groups is 2. The van der Waals surface area contributed by atoms with Crippen molar-refractivity contribution in [3.63, 3.8) is 0 Å². The van der Waals surface area contributed by atoms with Crippen molar-refractivity contribution >= 4 is 40.9 Å². The summed E-state index contributed by atoms with van der Waals surface area (Å²) in [5, 5.41) is 9.91. The van der Waals surface area contributed by atoms with Gasteiger partial charge >= 0.3 is 0 Å². The molecule has 0 bridgehead atoms. The van der Waals surface area contributed by atoms with Crippen molar-refractivity contribution in [3.05, 3.63) is 91.4 Å². The van der Waals surface area contributed by atoms with Gasteiger partial charge in [-0.25, -0.2) is 4.68 Å². The van der Waals surface area contributed by atoms with Crippen LogP contribution in [0.2, 0.25) is 5.02 Å². The Kier molecular flexibility index (Phi) is 7.74. The lowest BCUT2D eigenvalue weighted by molar-refractivity contribution is -0.136. The van der Waals surface area contributed by atoms with E-state index in [0.717, 1.165) is 41.1 Å². The molecule has 0 radical (unpaired) electrons. The number of nitrogens with zero attached hydrogens (tertiary/aromatic N) is 5. The van der Waals surface area contributed by atoms with Crippen molar-refractivity contribution in [1.29, 1.82) is 0 Å². The predicted octanol–water partition coefficient (Wildman–Crippen LogP) is 2.25. The Hall–Kier alpha value is -4.39. The number of aryl methyl sites for hydroxylation is 1. The number of carbonyl (C=O) groups is 4. The third kappa shape index (κ3) is 5.50. The smallest absolute Gasteiger partial charge is 0.287 e. The second-order valence-corrected chi connectivity index (χ2v) is 13.2. The number of anilines is 1. The standard InChI is InChI=1S/C33H34ClN7O5/c1-38-14-20(9-23(17-38)36-26-12-35-39(2)33(46)29(26)34)19-5-3-18(4-6-19)13-40-15-21-10-24-25(11-22(21)16-40)32(45)41(31(24)44)27-7-8-28(42)37-30(27)43/h3-6,10-12,20,23,27,36H,7-9,13-17H2,1-2H3,(H,37,42,43)/t20-,23+,27?/m1/s1. The minimum Gasteiger partial charge on any atom is -0.378 e. The summed E-state index contributed by atoms with van der Waals surface area (Å²) in [7, 11) is 3.66. The van der Waals surface area contributed by atoms with E-state index in [0.29, 0.717) is 42.4 Å². The lowest BCUT2D eigenvalue weighted by Gasteiger charge is -2.37. The van der Waals surface area contributed by atoms with E-state index in [2.05, 4.69) is 56.8 Å². The van der Waals surface area contributed by atoms with E-state index >= 15 is 0 Å². The molecule has 4 aliphatic heterocycles. The van der Waals surface area contributed by atoms with E-state index in [-0.39, 0.29) is 29.5 Å². The quantitative estimate of drug-likeness (QED) is 0.388. The van der Waals surface area contributed by atoms with E-state index in [1.165, 1.54) is 10.2 Å². The van der Waals surface area contributed by atoms with Crippen molar-refractivity contribution in [3.8, 4) is 0 Å². The number of hydrogen-bond acceptors (Lipinski definition) is 9. The molecular weight excluding hydrogens is 610 g/mol. The number of halogens is 1. The van der Waals surface area contributed by atoms with E-state index in [1.807, 2.05) is 0 Å². The molecule has 2 fully saturated rings. The topological polar surface area (TPSA) is 137 Å². The third-order valence-corrected chi connectivity index (χ3v) is 9.84. The number of carbonyl (C=O) groups excluding carboxylic acids is 4. The third-order valence-electron chi connectivity index (χ3n) is 9.48. The van der Waals surface area contributed by atoms with Crippen molar-refractivity contribution in [2.45, 2.75) is 56.9 Å². The fourth-order valence-corrected chi connectivity index (χ4v) is 7.43. The second kappa shape index (κ2) is 11.8. The maximum atomic E-state index is 13.2. The normalized spacial score (nSPS) is 23.5. The molecule has 2 saturated heterocycles. The van der Waals surface area contributed by atoms with Gasteiger partial charge in [0, 0.05) is 52.2 Å². The van der Waals surface area contributed by atoms with Crippen molar-refractivity contribution in [2.24, 2.45) is 7.05 Å². The summed E-state index contributed by atoms with van der Waals surface area (Å²) in [6.07, 6.45) is 2.72. The molecule has 4 aliphatic rings. The highest BCUT2D eigenvalue weighted by Gasteiger charge is 2.45. The minimum absolute atomic E-state index is 0.0938. The van der Waals surface area contributed by atoms with E-state index in [1.54, 1.807) is 25.4 Å². The van der Waals surface area contributed by atoms with E-state index in [9.17, 15) is 24.0 Å². The van der Waals surface area contributed by atoms with Crippen LogP contribution in [-0.2, 0) is 36.3 Å². The van der Waals surface area contributed by atoms with Gasteiger partial charge in [-0.3, -0.25) is 39.1 Å². The summed E-state index contributed by atoms with van der Waals surface area (Å²) < 4.78 is 1.22. The van der Waals surface area contributed by atoms with Crippen molar-refractivity contribution in [1.82, 2.24) is 29.8 Å². The molecule has 46 heavy (non-hydrogen) atoms. The van der Waals surface area contributed by atoms with Crippen molar-refractivity contribution in [2.75, 3.05) is 25.5 Å². The number of likely N-dealkylation sites (N-methyl/N-ethyl adjacent to an activating group) is 1. The molecule has 4 amide bonds. The summed E-state index contributed by atoms with van der Waals surface area (Å²) in [5.41, 5.74) is 5.26. The van der Waals surface area contributed by atoms with Crippen LogP contribution in [0.1, 0.15) is 68.2 Å². The number of aromatic nitrogens is 2. The van der Waals surface area contributed by atoms with Crippen LogP contribution < -0.4 is 16.2 Å². The van der Waals surface area contributed by atoms with Crippen LogP contribution in [0.3, 0.4) is 0 Å². The average Bonchev–Trinajstić information content (AvgIpc) is 3.53. The van der Waals surface area contributed by atoms with Crippen LogP contribution in [0.5, 0.6) is 0 Å². The minimum atomic E-state index is -0.967. The molecule has 3 atom stereocenters. The zero-order valence-corrected chi connectivity index (χ0v) is 26.3. The monoisotopic (exact) mass is 643 g/mol. The molecule has 12 nitrogen and oxygen atoms in total. The largest absolute Gasteiger partial charge is 0.378 e. The van der Waals surface area contributed by atoms with Gasteiger partial charge in [-0.15, -0.1) is 0 Å². The molecule has 5 heterocycles. The molecule has 3 aromatic rings. The lowest BCUT2D eigenvalue weighted by atomic mass is 9.87. The van der Waals surface area contributed by atoms with Gasteiger partial charge in [-0.05, 0) is 60.2 Å². The molecule has 7 rings (SSSR count). The first kappa shape index (κ1) is 30.3. The molecule has 2 aromatic carbocycles. The Morgan fingerprint density at radius 1 is 0.957 bits per heavy atom. The highest BCUT2D eigenvalue weighted by atomic mass is 35.5. The highest BCUT2D eigenvalue weighted by molar-refractivity contribution is 6.33. The maximum absolute atomic E-state index is 13.2. The lowest BCUT2D eigenvalue weighted by Crippen LogP contribution is -2.54. The van der Waals surface area contributed by atoms with Gasteiger partial charge in [0.25, 0.3) is 17.4 Å². The number of rotatable bonds is 6. The fourth-order valence-electron chi connectivity index (χ4n) is 7.20. The molecule has 13 heteroatoms. The number of hydrogen-bond donors (Lipinski definition) is 2. The Balaban J connectivity index is 0.991. The van der Waals surface area contributed by atoms with E-state index < -0.39 is 29.7 Å². The van der Waals surface area contributed by atoms with Crippen LogP contribution in [0.25, 0.3) is 0 Å². The van der Waals surface area contributed by atoms with Gasteiger partial charge < -0.3 is 10.2 Å². The number of piperidine rings is 2. The Bertz CT molecular complexity index is 1800. The van der Waals surface area contributed by atoms with Crippen LogP contribution in [0, 0.1) is 0 Å². The summed E-state index contributed by atoms with van der Waals surface area (Å²) >= 11 is 6.30. The molecule has 0 spiro atoms. The van der Waals surface area contributed by atoms with Gasteiger partial charge in [0.05, 0.1) is 23.0 Å². The molecule has 0 aliphatic carbocycles. The fraction of sp³-hybridized carbons (Fsp3) is 0.394. The first-order valence-electron chi connectivity index (χ1n) is 15.4. The van der Waals surface area contributed by atoms with Crippen LogP contribution >= 0.6 is 11.6 Å². The average molecular weight is 644 g/mol. The molecule has 1 unspecified atom stereocenters. The maximum Gasteiger partial charge on any atom is 0.287 e. The van der Waals surface area contributed by atoms with Gasteiger partial charge in [0.15, 0.2) is 0 Å². The number of nitrogens with one attached hydrogen (secondary N) is 2. The Morgan fingerprint density at radius 3 is 2.28 bits per heavy atom. The number of likely N-dealkylation sites (tertiary alicyclic amines) is 1. The van der Waals surface area contributed by atoms with Gasteiger partial charge in [0.2, 0.25) is 11.8 Å². The molecule has 238 valence electrons. The van der Waals surface area contributed by atoms with E-state index in [4.69, 9.17) is 11.6 Å². The number of amides is 4. The number of benzene rings is 2. The molecule has 1 aromatic heterocycles. The first-order valence-corrected chi connectivity index (χ1v) is 15.8. The summed E-state index contributed by atoms with van der Waals surface area (Å²) in [4.78, 5) is 68.2. The van der Waals surface area contributed by atoms with Gasteiger partial charge in [0.1, 0.15) is 11.1 Å². The summed E-state index contributed by atoms with van der Waals surface area (Å²) in [5.74, 6) is -1.66. The van der Waals surface area contributed by atoms with Gasteiger partial charge in [-0.1, -0.05) is 35.9 Å². The van der Waals surface area contributed by atoms with Crippen LogP contribution in [-0.4, -0.2) is 80.3 Å². The summed E-state index contributed by atoms with van der Waals surface area (Å²) in [6.45, 7) is 3.75. The number of fused-ring (bicyclic) bond motifs is 2. The zero-order chi connectivity index (χ0) is 32.3. The van der Waals surface area contributed by atoms with Crippen LogP contribution in [0.15, 0.2) is 47.4 Å². The Labute approximate surface area is 270 Å². The highest BCUT2D eigenvalue weighted by Crippen LogP contribution is 2.34. The Morgan fingerprint density at radius 2 is 1.63 bits per heavy atom. The molecular formula is C33H34ClN7O5. The SMILES string of the molecule is CN1C[C@@H](Nc2cnn(C)c(=O)c2Cl)C[C@@H](c2ccc(CN3Cc4cc5c(cc4C3)C(=O)N(C3CCC(=O)NC3=O)C5=O)cc2)C1. The summed E-state index contributed by atoms with van der Waals surface area (Å²) in [6, 6.07) is 11.4. The molecule has 0 saturated carbocycles. The molecule has 2 N–H and O–H groups in total.